The standard InChI is InChI=1S/C54H67N3OSi/c1-33(2)25-40-28-49-51-38(19-24-44-45-21-17-35(4)55-53(45)58-52(44)51)18-22-42-46-27-39(37-15-13-12-14-16-37)20-23-43(46)48-29-41(30-54(6,7)8)50(59(9,10)11)32-57(48)47(42)26-36(5)56(49)31-34(40)3/h17,19-21,23-24,27-29,31-33,37,42,47H,5,12-16,18,22,25-26,30H2,1-4,6-11H3/q+2. The molecule has 2 unspecified atom stereocenters. The number of benzene rings is 2. The zero-order chi connectivity index (χ0) is 41.5. The van der Waals surface area contributed by atoms with E-state index in [2.05, 4.69) is 137 Å². The topological polar surface area (TPSA) is 33.8 Å². The van der Waals surface area contributed by atoms with Crippen molar-refractivity contribution in [3.63, 3.8) is 0 Å². The first-order chi connectivity index (χ1) is 28.0. The van der Waals surface area contributed by atoms with E-state index in [0.717, 1.165) is 65.6 Å². The van der Waals surface area contributed by atoms with Crippen LogP contribution in [0.1, 0.15) is 137 Å². The molecule has 1 fully saturated rings. The molecule has 9 rings (SSSR count). The van der Waals surface area contributed by atoms with Gasteiger partial charge in [0.1, 0.15) is 0 Å². The second-order valence-corrected chi connectivity index (χ2v) is 26.4. The Morgan fingerprint density at radius 2 is 1.61 bits per heavy atom. The highest BCUT2D eigenvalue weighted by Gasteiger charge is 2.45. The van der Waals surface area contributed by atoms with Crippen LogP contribution in [-0.2, 0) is 19.3 Å². The first-order valence-electron chi connectivity index (χ1n) is 22.8. The number of rotatable bonds is 5. The lowest BCUT2D eigenvalue weighted by Crippen LogP contribution is -2.55. The minimum Gasteiger partial charge on any atom is -0.437 e. The molecule has 59 heavy (non-hydrogen) atoms. The second-order valence-electron chi connectivity index (χ2n) is 21.4. The van der Waals surface area contributed by atoms with Crippen LogP contribution in [0.5, 0.6) is 0 Å². The molecule has 5 heteroatoms. The van der Waals surface area contributed by atoms with Gasteiger partial charge in [-0.15, -0.1) is 0 Å². The summed E-state index contributed by atoms with van der Waals surface area (Å²) >= 11 is 0. The van der Waals surface area contributed by atoms with Crippen molar-refractivity contribution >= 4 is 41.0 Å². The van der Waals surface area contributed by atoms with Gasteiger partial charge < -0.3 is 4.42 Å². The summed E-state index contributed by atoms with van der Waals surface area (Å²) in [6, 6.07) is 22.0. The number of hydrogen-bond donors (Lipinski definition) is 0. The number of pyridine rings is 3. The lowest BCUT2D eigenvalue weighted by atomic mass is 9.74. The Morgan fingerprint density at radius 1 is 0.864 bits per heavy atom. The highest BCUT2D eigenvalue weighted by Crippen LogP contribution is 2.47. The smallest absolute Gasteiger partial charge is 0.227 e. The Labute approximate surface area is 354 Å². The van der Waals surface area contributed by atoms with Crippen molar-refractivity contribution in [2.45, 2.75) is 150 Å². The van der Waals surface area contributed by atoms with Crippen LogP contribution in [0.15, 0.2) is 78.0 Å². The third kappa shape index (κ3) is 7.44. The van der Waals surface area contributed by atoms with Crippen LogP contribution in [0.3, 0.4) is 0 Å². The van der Waals surface area contributed by atoms with E-state index in [0.29, 0.717) is 17.8 Å². The summed E-state index contributed by atoms with van der Waals surface area (Å²) in [7, 11) is -1.71. The maximum Gasteiger partial charge on any atom is 0.227 e. The number of fused-ring (bicyclic) bond motifs is 13. The third-order valence-electron chi connectivity index (χ3n) is 13.9. The Bertz CT molecular complexity index is 2630. The fraction of sp³-hybridized carbons (Fsp3) is 0.463. The van der Waals surface area contributed by atoms with Crippen LogP contribution in [0.25, 0.3) is 50.3 Å². The minimum atomic E-state index is -1.71. The van der Waals surface area contributed by atoms with Crippen LogP contribution < -0.4 is 14.3 Å². The average Bonchev–Trinajstić information content (AvgIpc) is 3.54. The maximum atomic E-state index is 6.87. The van der Waals surface area contributed by atoms with Crippen LogP contribution in [0.2, 0.25) is 19.6 Å². The van der Waals surface area contributed by atoms with Gasteiger partial charge in [-0.2, -0.15) is 9.13 Å². The van der Waals surface area contributed by atoms with Crippen molar-refractivity contribution in [2.75, 3.05) is 0 Å². The predicted molar refractivity (Wildman–Crippen MR) is 249 cm³/mol. The molecule has 2 aliphatic heterocycles. The predicted octanol–water partition coefficient (Wildman–Crippen LogP) is 13.0. The third-order valence-corrected chi connectivity index (χ3v) is 16.0. The van der Waals surface area contributed by atoms with Gasteiger partial charge in [-0.3, -0.25) is 0 Å². The fourth-order valence-electron chi connectivity index (χ4n) is 11.1. The van der Waals surface area contributed by atoms with Gasteiger partial charge in [-0.1, -0.05) is 97.8 Å². The zero-order valence-corrected chi connectivity index (χ0v) is 38.7. The van der Waals surface area contributed by atoms with E-state index in [1.807, 2.05) is 6.92 Å². The van der Waals surface area contributed by atoms with Gasteiger partial charge in [0.15, 0.2) is 29.7 Å². The number of aryl methyl sites for hydroxylation is 3. The van der Waals surface area contributed by atoms with Crippen molar-refractivity contribution in [3.8, 4) is 22.5 Å². The SMILES string of the molecule is C=C1CC2C(CCc3ccc4c(oc5nc(C)ccc54)c3-c3cc(CC(C)C)c(C)c[n+]31)c1cc(C3CCCCC3)ccc1-c1cc(CC(C)(C)C)c([Si](C)(C)C)c[n+]12. The maximum absolute atomic E-state index is 6.87. The molecule has 1 saturated carbocycles. The van der Waals surface area contributed by atoms with Crippen LogP contribution in [-0.4, -0.2) is 13.1 Å². The van der Waals surface area contributed by atoms with Gasteiger partial charge in [-0.05, 0) is 122 Å². The Morgan fingerprint density at radius 3 is 2.34 bits per heavy atom. The lowest BCUT2D eigenvalue weighted by Gasteiger charge is -2.34. The van der Waals surface area contributed by atoms with E-state index in [-0.39, 0.29) is 11.5 Å². The van der Waals surface area contributed by atoms with Gasteiger partial charge >= 0.3 is 0 Å². The van der Waals surface area contributed by atoms with Gasteiger partial charge in [0.2, 0.25) is 17.1 Å². The van der Waals surface area contributed by atoms with Gasteiger partial charge in [0.25, 0.3) is 0 Å². The molecule has 0 amide bonds. The second kappa shape index (κ2) is 15.0. The molecule has 3 aliphatic rings. The Balaban J connectivity index is 1.30. The van der Waals surface area contributed by atoms with E-state index < -0.39 is 8.07 Å². The molecule has 0 bridgehead atoms. The summed E-state index contributed by atoms with van der Waals surface area (Å²) in [4.78, 5) is 4.89. The molecule has 0 spiro atoms. The summed E-state index contributed by atoms with van der Waals surface area (Å²) in [5, 5.41) is 3.82. The molecule has 4 aromatic heterocycles. The first-order valence-corrected chi connectivity index (χ1v) is 26.3. The molecular weight excluding hydrogens is 735 g/mol. The van der Waals surface area contributed by atoms with Crippen molar-refractivity contribution in [3.05, 3.63) is 113 Å². The molecule has 0 saturated heterocycles. The molecule has 4 nitrogen and oxygen atoms in total. The van der Waals surface area contributed by atoms with Crippen LogP contribution in [0, 0.1) is 25.2 Å². The molecule has 0 N–H and O–H groups in total. The van der Waals surface area contributed by atoms with Crippen LogP contribution in [0.4, 0.5) is 0 Å². The number of hydrogen-bond acceptors (Lipinski definition) is 2. The highest BCUT2D eigenvalue weighted by molar-refractivity contribution is 6.89. The normalized spacial score (nSPS) is 18.7. The molecular formula is C54H67N3OSi+2. The summed E-state index contributed by atoms with van der Waals surface area (Å²) in [5.41, 5.74) is 17.9. The average molecular weight is 802 g/mol. The van der Waals surface area contributed by atoms with E-state index in [9.17, 15) is 0 Å². The van der Waals surface area contributed by atoms with E-state index >= 15 is 0 Å². The van der Waals surface area contributed by atoms with Gasteiger partial charge in [0, 0.05) is 50.8 Å². The number of aromatic nitrogens is 3. The number of nitrogens with zero attached hydrogens (tertiary/aromatic N) is 3. The number of furan rings is 1. The van der Waals surface area contributed by atoms with E-state index in [1.165, 1.54) is 71.3 Å². The summed E-state index contributed by atoms with van der Waals surface area (Å²) in [6.07, 6.45) is 16.7. The molecule has 306 valence electrons. The van der Waals surface area contributed by atoms with E-state index in [4.69, 9.17) is 16.0 Å². The summed E-state index contributed by atoms with van der Waals surface area (Å²) in [6.45, 7) is 28.8. The zero-order valence-electron chi connectivity index (χ0n) is 37.7. The Kier molecular flexibility index (Phi) is 10.2. The fourth-order valence-corrected chi connectivity index (χ4v) is 12.7. The molecule has 2 aromatic carbocycles. The first kappa shape index (κ1) is 40.1. The monoisotopic (exact) mass is 802 g/mol. The molecule has 2 atom stereocenters. The quantitative estimate of drug-likeness (QED) is 0.129. The highest BCUT2D eigenvalue weighted by atomic mass is 28.3. The van der Waals surface area contributed by atoms with Crippen molar-refractivity contribution in [2.24, 2.45) is 11.3 Å². The summed E-state index contributed by atoms with van der Waals surface area (Å²) in [5.74, 6) is 1.54. The largest absolute Gasteiger partial charge is 0.437 e. The summed E-state index contributed by atoms with van der Waals surface area (Å²) < 4.78 is 12.1. The lowest BCUT2D eigenvalue weighted by molar-refractivity contribution is -0.719. The van der Waals surface area contributed by atoms with Crippen molar-refractivity contribution in [1.29, 1.82) is 0 Å². The Hall–Kier alpha value is -4.35. The van der Waals surface area contributed by atoms with Gasteiger partial charge in [0.05, 0.1) is 20.1 Å². The molecule has 0 radical (unpaired) electrons. The van der Waals surface area contributed by atoms with Crippen LogP contribution >= 0.6 is 0 Å². The van der Waals surface area contributed by atoms with Gasteiger partial charge in [-0.25, -0.2) is 4.98 Å². The molecule has 6 aromatic rings. The molecule has 6 heterocycles. The minimum absolute atomic E-state index is 0.197. The number of allylic oxidation sites excluding steroid dienone is 1. The molecule has 1 aliphatic carbocycles. The van der Waals surface area contributed by atoms with Crippen molar-refractivity contribution < 1.29 is 13.6 Å². The van der Waals surface area contributed by atoms with Crippen molar-refractivity contribution in [1.82, 2.24) is 4.98 Å². The van der Waals surface area contributed by atoms with E-state index in [1.54, 1.807) is 21.9 Å².